The zero-order valence-corrected chi connectivity index (χ0v) is 10.4. The highest BCUT2D eigenvalue weighted by molar-refractivity contribution is 5.64. The van der Waals surface area contributed by atoms with E-state index in [2.05, 4.69) is 25.4 Å². The summed E-state index contributed by atoms with van der Waals surface area (Å²) in [6, 6.07) is 0. The van der Waals surface area contributed by atoms with E-state index in [1.807, 2.05) is 23.7 Å². The molecule has 18 heavy (non-hydrogen) atoms. The predicted octanol–water partition coefficient (Wildman–Crippen LogP) is 0.0883. The number of fused-ring (bicyclic) bond motifs is 2. The van der Waals surface area contributed by atoms with Crippen LogP contribution in [0.2, 0.25) is 0 Å². The monoisotopic (exact) mass is 244 g/mol. The SMILES string of the molecule is Cc1nnc2c(N3C[C@H]4CNC[C@H]4C3)nccn12. The van der Waals surface area contributed by atoms with Gasteiger partial charge >= 0.3 is 0 Å². The van der Waals surface area contributed by atoms with E-state index in [0.717, 1.165) is 55.3 Å². The zero-order chi connectivity index (χ0) is 12.1. The summed E-state index contributed by atoms with van der Waals surface area (Å²) >= 11 is 0. The zero-order valence-electron chi connectivity index (χ0n) is 10.4. The molecule has 2 aliphatic heterocycles. The van der Waals surface area contributed by atoms with Crippen molar-refractivity contribution < 1.29 is 0 Å². The molecular weight excluding hydrogens is 228 g/mol. The number of hydrogen-bond donors (Lipinski definition) is 1. The Balaban J connectivity index is 1.75. The third-order valence-corrected chi connectivity index (χ3v) is 4.17. The molecule has 1 N–H and O–H groups in total. The van der Waals surface area contributed by atoms with Crippen LogP contribution in [0.5, 0.6) is 0 Å². The maximum Gasteiger partial charge on any atom is 0.203 e. The highest BCUT2D eigenvalue weighted by atomic mass is 15.3. The molecule has 0 aliphatic carbocycles. The molecule has 2 aromatic heterocycles. The normalized spacial score (nSPS) is 27.1. The minimum atomic E-state index is 0.760. The van der Waals surface area contributed by atoms with Gasteiger partial charge in [0, 0.05) is 38.6 Å². The molecule has 2 aromatic rings. The second-order valence-electron chi connectivity index (χ2n) is 5.28. The lowest BCUT2D eigenvalue weighted by atomic mass is 10.0. The summed E-state index contributed by atoms with van der Waals surface area (Å²) in [6.45, 7) is 6.39. The van der Waals surface area contributed by atoms with E-state index >= 15 is 0 Å². The molecule has 2 fully saturated rings. The fraction of sp³-hybridized carbons (Fsp3) is 0.583. The highest BCUT2D eigenvalue weighted by Crippen LogP contribution is 2.30. The van der Waals surface area contributed by atoms with Gasteiger partial charge in [0.25, 0.3) is 0 Å². The Morgan fingerprint density at radius 3 is 2.78 bits per heavy atom. The van der Waals surface area contributed by atoms with Gasteiger partial charge in [0.05, 0.1) is 0 Å². The Bertz CT molecular complexity index is 579. The summed E-state index contributed by atoms with van der Waals surface area (Å²) in [5.74, 6) is 3.41. The van der Waals surface area contributed by atoms with Crippen LogP contribution in [0.3, 0.4) is 0 Å². The maximum atomic E-state index is 4.51. The fourth-order valence-electron chi connectivity index (χ4n) is 3.18. The summed E-state index contributed by atoms with van der Waals surface area (Å²) in [6.07, 6.45) is 3.76. The molecule has 0 spiro atoms. The molecule has 4 rings (SSSR count). The quantitative estimate of drug-likeness (QED) is 0.770. The van der Waals surface area contributed by atoms with Gasteiger partial charge in [-0.3, -0.25) is 4.40 Å². The van der Waals surface area contributed by atoms with Gasteiger partial charge in [-0.1, -0.05) is 0 Å². The summed E-state index contributed by atoms with van der Waals surface area (Å²) < 4.78 is 2.01. The molecule has 0 aromatic carbocycles. The molecule has 2 aliphatic rings. The third-order valence-electron chi connectivity index (χ3n) is 4.17. The lowest BCUT2D eigenvalue weighted by molar-refractivity contribution is 0.533. The number of hydrogen-bond acceptors (Lipinski definition) is 5. The average Bonchev–Trinajstić information content (AvgIpc) is 3.03. The van der Waals surface area contributed by atoms with Gasteiger partial charge in [0.2, 0.25) is 5.65 Å². The van der Waals surface area contributed by atoms with E-state index < -0.39 is 0 Å². The van der Waals surface area contributed by atoms with E-state index in [1.165, 1.54) is 0 Å². The van der Waals surface area contributed by atoms with Gasteiger partial charge < -0.3 is 10.2 Å². The summed E-state index contributed by atoms with van der Waals surface area (Å²) in [5.41, 5.74) is 0.878. The molecule has 6 nitrogen and oxygen atoms in total. The maximum absolute atomic E-state index is 4.51. The minimum Gasteiger partial charge on any atom is -0.353 e. The first kappa shape index (κ1) is 10.3. The first-order chi connectivity index (χ1) is 8.83. The second-order valence-corrected chi connectivity index (χ2v) is 5.28. The Kier molecular flexibility index (Phi) is 2.08. The van der Waals surface area contributed by atoms with Gasteiger partial charge in [0.1, 0.15) is 5.82 Å². The van der Waals surface area contributed by atoms with Crippen molar-refractivity contribution in [3.63, 3.8) is 0 Å². The predicted molar refractivity (Wildman–Crippen MR) is 67.6 cm³/mol. The van der Waals surface area contributed by atoms with E-state index in [-0.39, 0.29) is 0 Å². The summed E-state index contributed by atoms with van der Waals surface area (Å²) in [5, 5.41) is 11.8. The Labute approximate surface area is 105 Å². The number of nitrogens with zero attached hydrogens (tertiary/aromatic N) is 5. The van der Waals surface area contributed by atoms with Crippen molar-refractivity contribution in [3.05, 3.63) is 18.2 Å². The van der Waals surface area contributed by atoms with Crippen molar-refractivity contribution in [2.75, 3.05) is 31.1 Å². The fourth-order valence-corrected chi connectivity index (χ4v) is 3.18. The van der Waals surface area contributed by atoms with Gasteiger partial charge in [-0.2, -0.15) is 0 Å². The Morgan fingerprint density at radius 1 is 1.22 bits per heavy atom. The molecule has 4 heterocycles. The molecule has 6 heteroatoms. The average molecular weight is 244 g/mol. The van der Waals surface area contributed by atoms with Gasteiger partial charge in [-0.15, -0.1) is 10.2 Å². The number of nitrogens with one attached hydrogen (secondary N) is 1. The van der Waals surface area contributed by atoms with Crippen LogP contribution in [0.4, 0.5) is 5.82 Å². The lowest BCUT2D eigenvalue weighted by Gasteiger charge is -2.18. The number of anilines is 1. The summed E-state index contributed by atoms with van der Waals surface area (Å²) in [4.78, 5) is 6.87. The summed E-state index contributed by atoms with van der Waals surface area (Å²) in [7, 11) is 0. The molecule has 0 bridgehead atoms. The van der Waals surface area contributed by atoms with Crippen LogP contribution in [0.1, 0.15) is 5.82 Å². The number of aromatic nitrogens is 4. The van der Waals surface area contributed by atoms with E-state index in [4.69, 9.17) is 0 Å². The third kappa shape index (κ3) is 1.35. The molecule has 0 unspecified atom stereocenters. The van der Waals surface area contributed by atoms with Gasteiger partial charge in [0.15, 0.2) is 5.82 Å². The Hall–Kier alpha value is -1.69. The highest BCUT2D eigenvalue weighted by Gasteiger charge is 2.37. The topological polar surface area (TPSA) is 58.4 Å². The van der Waals surface area contributed by atoms with Crippen LogP contribution in [0, 0.1) is 18.8 Å². The molecule has 2 saturated heterocycles. The van der Waals surface area contributed by atoms with Crippen molar-refractivity contribution in [2.24, 2.45) is 11.8 Å². The van der Waals surface area contributed by atoms with Crippen LogP contribution in [0.25, 0.3) is 5.65 Å². The van der Waals surface area contributed by atoms with Crippen molar-refractivity contribution >= 4 is 11.5 Å². The van der Waals surface area contributed by atoms with E-state index in [9.17, 15) is 0 Å². The van der Waals surface area contributed by atoms with Crippen molar-refractivity contribution in [3.8, 4) is 0 Å². The second kappa shape index (κ2) is 3.65. The number of rotatable bonds is 1. The molecular formula is C12H16N6. The minimum absolute atomic E-state index is 0.760. The van der Waals surface area contributed by atoms with Crippen LogP contribution in [-0.2, 0) is 0 Å². The van der Waals surface area contributed by atoms with Crippen molar-refractivity contribution in [2.45, 2.75) is 6.92 Å². The molecule has 2 atom stereocenters. The van der Waals surface area contributed by atoms with Crippen LogP contribution in [-0.4, -0.2) is 45.8 Å². The largest absolute Gasteiger partial charge is 0.353 e. The number of aryl methyl sites for hydroxylation is 1. The van der Waals surface area contributed by atoms with Crippen LogP contribution in [0.15, 0.2) is 12.4 Å². The Morgan fingerprint density at radius 2 is 2.00 bits per heavy atom. The van der Waals surface area contributed by atoms with Crippen LogP contribution >= 0.6 is 0 Å². The standard InChI is InChI=1S/C12H16N6/c1-8-15-16-12-11(14-2-3-18(8)12)17-6-9-4-13-5-10(9)7-17/h2-3,9-10,13H,4-7H2,1H3/t9-,10+. The smallest absolute Gasteiger partial charge is 0.203 e. The lowest BCUT2D eigenvalue weighted by Crippen LogP contribution is -2.26. The van der Waals surface area contributed by atoms with Gasteiger partial charge in [-0.25, -0.2) is 4.98 Å². The molecule has 0 radical (unpaired) electrons. The first-order valence-corrected chi connectivity index (χ1v) is 6.45. The first-order valence-electron chi connectivity index (χ1n) is 6.45. The van der Waals surface area contributed by atoms with Crippen molar-refractivity contribution in [1.29, 1.82) is 0 Å². The van der Waals surface area contributed by atoms with Gasteiger partial charge in [-0.05, 0) is 18.8 Å². The molecule has 94 valence electrons. The molecule has 0 amide bonds. The van der Waals surface area contributed by atoms with E-state index in [1.54, 1.807) is 0 Å². The van der Waals surface area contributed by atoms with E-state index in [0.29, 0.717) is 0 Å². The van der Waals surface area contributed by atoms with Crippen LogP contribution < -0.4 is 10.2 Å². The molecule has 0 saturated carbocycles. The van der Waals surface area contributed by atoms with Crippen molar-refractivity contribution in [1.82, 2.24) is 24.9 Å².